The molecule has 0 aliphatic rings. The van der Waals surface area contributed by atoms with Crippen LogP contribution in [0.15, 0.2) is 72.8 Å². The minimum absolute atomic E-state index is 0.293. The Bertz CT molecular complexity index is 941. The lowest BCUT2D eigenvalue weighted by atomic mass is 10.0. The Hall–Kier alpha value is -3.40. The van der Waals surface area contributed by atoms with E-state index >= 15 is 0 Å². The highest BCUT2D eigenvalue weighted by atomic mass is 16.5. The van der Waals surface area contributed by atoms with Crippen molar-refractivity contribution in [3.05, 3.63) is 101 Å². The highest BCUT2D eigenvalue weighted by Gasteiger charge is 2.12. The van der Waals surface area contributed by atoms with E-state index in [4.69, 9.17) is 4.74 Å². The van der Waals surface area contributed by atoms with Crippen molar-refractivity contribution in [3.8, 4) is 5.75 Å². The van der Waals surface area contributed by atoms with Crippen molar-refractivity contribution in [3.63, 3.8) is 0 Å². The molecule has 4 nitrogen and oxygen atoms in total. The van der Waals surface area contributed by atoms with Gasteiger partial charge in [0.1, 0.15) is 5.75 Å². The summed E-state index contributed by atoms with van der Waals surface area (Å²) in [5, 5.41) is 0. The minimum atomic E-state index is -0.521. The molecule has 3 rings (SSSR count). The number of aryl methyl sites for hydroxylation is 1. The zero-order valence-electron chi connectivity index (χ0n) is 15.3. The molecule has 0 aliphatic carbocycles. The number of benzene rings is 3. The van der Waals surface area contributed by atoms with Crippen LogP contribution in [0.2, 0.25) is 0 Å². The molecule has 0 saturated heterocycles. The lowest BCUT2D eigenvalue weighted by Gasteiger charge is -2.07. The van der Waals surface area contributed by atoms with Crippen LogP contribution in [0.1, 0.15) is 37.4 Å². The van der Waals surface area contributed by atoms with E-state index in [1.807, 2.05) is 12.1 Å². The summed E-state index contributed by atoms with van der Waals surface area (Å²) in [7, 11) is 1.30. The van der Waals surface area contributed by atoms with Crippen LogP contribution in [0.5, 0.6) is 5.75 Å². The van der Waals surface area contributed by atoms with Crippen molar-refractivity contribution in [2.24, 2.45) is 0 Å². The van der Waals surface area contributed by atoms with Gasteiger partial charge >= 0.3 is 11.9 Å². The number of esters is 2. The number of methoxy groups -OCH3 is 1. The second kappa shape index (κ2) is 8.32. The summed E-state index contributed by atoms with van der Waals surface area (Å²) >= 11 is 0. The summed E-state index contributed by atoms with van der Waals surface area (Å²) in [6.45, 7) is 2.06. The number of hydrogen-bond donors (Lipinski definition) is 0. The number of rotatable bonds is 5. The standard InChI is InChI=1S/C23H20O4/c1-16-6-8-17(9-7-16)14-18-10-12-21(13-11-18)27-23(25)20-5-3-4-19(15-20)22(24)26-2/h3-13,15H,14H2,1-2H3. The van der Waals surface area contributed by atoms with Gasteiger partial charge in [0, 0.05) is 0 Å². The second-order valence-electron chi connectivity index (χ2n) is 6.27. The smallest absolute Gasteiger partial charge is 0.343 e. The maximum Gasteiger partial charge on any atom is 0.343 e. The zero-order valence-corrected chi connectivity index (χ0v) is 15.3. The quantitative estimate of drug-likeness (QED) is 0.493. The van der Waals surface area contributed by atoms with E-state index in [9.17, 15) is 9.59 Å². The third kappa shape index (κ3) is 4.82. The molecular weight excluding hydrogens is 340 g/mol. The first-order valence-electron chi connectivity index (χ1n) is 8.60. The molecular formula is C23H20O4. The number of hydrogen-bond acceptors (Lipinski definition) is 4. The van der Waals surface area contributed by atoms with Gasteiger partial charge in [0.25, 0.3) is 0 Å². The molecule has 136 valence electrons. The SMILES string of the molecule is COC(=O)c1cccc(C(=O)Oc2ccc(Cc3ccc(C)cc3)cc2)c1. The van der Waals surface area contributed by atoms with Crippen LogP contribution in [0.3, 0.4) is 0 Å². The van der Waals surface area contributed by atoms with Crippen LogP contribution in [0, 0.1) is 6.92 Å². The van der Waals surface area contributed by atoms with Gasteiger partial charge in [-0.25, -0.2) is 9.59 Å². The van der Waals surface area contributed by atoms with E-state index in [2.05, 4.69) is 35.9 Å². The molecule has 0 unspecified atom stereocenters. The molecule has 4 heteroatoms. The molecule has 27 heavy (non-hydrogen) atoms. The molecule has 3 aromatic carbocycles. The van der Waals surface area contributed by atoms with Crippen LogP contribution in [-0.4, -0.2) is 19.0 Å². The lowest BCUT2D eigenvalue weighted by molar-refractivity contribution is 0.0600. The first-order valence-corrected chi connectivity index (χ1v) is 8.60. The average Bonchev–Trinajstić information content (AvgIpc) is 2.70. The molecule has 0 radical (unpaired) electrons. The van der Waals surface area contributed by atoms with E-state index in [1.54, 1.807) is 30.3 Å². The van der Waals surface area contributed by atoms with Gasteiger partial charge in [0.05, 0.1) is 18.2 Å². The number of carbonyl (C=O) groups excluding carboxylic acids is 2. The average molecular weight is 360 g/mol. The fourth-order valence-corrected chi connectivity index (χ4v) is 2.67. The Kier molecular flexibility index (Phi) is 5.67. The van der Waals surface area contributed by atoms with E-state index in [-0.39, 0.29) is 0 Å². The lowest BCUT2D eigenvalue weighted by Crippen LogP contribution is -2.10. The van der Waals surface area contributed by atoms with Gasteiger partial charge in [-0.2, -0.15) is 0 Å². The molecule has 3 aromatic rings. The predicted octanol–water partition coefficient (Wildman–Crippen LogP) is 4.59. The molecule has 0 aromatic heterocycles. The Balaban J connectivity index is 1.66. The van der Waals surface area contributed by atoms with Crippen LogP contribution in [0.25, 0.3) is 0 Å². The molecule has 0 aliphatic heterocycles. The molecule has 0 amide bonds. The summed E-state index contributed by atoms with van der Waals surface area (Å²) in [5.74, 6) is -0.562. The normalized spacial score (nSPS) is 10.3. The zero-order chi connectivity index (χ0) is 19.2. The van der Waals surface area contributed by atoms with Crippen LogP contribution < -0.4 is 4.74 Å². The van der Waals surface area contributed by atoms with Crippen LogP contribution >= 0.6 is 0 Å². The Labute approximate surface area is 158 Å². The van der Waals surface area contributed by atoms with Gasteiger partial charge in [-0.1, -0.05) is 48.0 Å². The van der Waals surface area contributed by atoms with Gasteiger partial charge in [-0.15, -0.1) is 0 Å². The highest BCUT2D eigenvalue weighted by molar-refractivity contribution is 5.96. The van der Waals surface area contributed by atoms with Gasteiger partial charge in [-0.05, 0) is 54.8 Å². The van der Waals surface area contributed by atoms with Crippen molar-refractivity contribution < 1.29 is 19.1 Å². The monoisotopic (exact) mass is 360 g/mol. The maximum atomic E-state index is 12.3. The van der Waals surface area contributed by atoms with E-state index in [0.29, 0.717) is 16.9 Å². The maximum absolute atomic E-state index is 12.3. The number of carbonyl (C=O) groups is 2. The van der Waals surface area contributed by atoms with Gasteiger partial charge in [-0.3, -0.25) is 0 Å². The minimum Gasteiger partial charge on any atom is -0.465 e. The van der Waals surface area contributed by atoms with Gasteiger partial charge in [0.15, 0.2) is 0 Å². The summed E-state index contributed by atoms with van der Waals surface area (Å²) in [5.41, 5.74) is 4.19. The molecule has 0 atom stereocenters. The number of ether oxygens (including phenoxy) is 2. The Morgan fingerprint density at radius 2 is 1.33 bits per heavy atom. The highest BCUT2D eigenvalue weighted by Crippen LogP contribution is 2.17. The van der Waals surface area contributed by atoms with Crippen molar-refractivity contribution in [2.45, 2.75) is 13.3 Å². The largest absolute Gasteiger partial charge is 0.465 e. The van der Waals surface area contributed by atoms with Crippen molar-refractivity contribution in [1.29, 1.82) is 0 Å². The third-order valence-corrected chi connectivity index (χ3v) is 4.18. The first-order chi connectivity index (χ1) is 13.0. The Morgan fingerprint density at radius 1 is 0.778 bits per heavy atom. The molecule has 0 saturated carbocycles. The molecule has 0 fully saturated rings. The first kappa shape index (κ1) is 18.4. The van der Waals surface area contributed by atoms with E-state index in [0.717, 1.165) is 12.0 Å². The van der Waals surface area contributed by atoms with E-state index < -0.39 is 11.9 Å². The van der Waals surface area contributed by atoms with Gasteiger partial charge in [0.2, 0.25) is 0 Å². The molecule has 0 N–H and O–H groups in total. The third-order valence-electron chi connectivity index (χ3n) is 4.18. The fraction of sp³-hybridized carbons (Fsp3) is 0.130. The Morgan fingerprint density at radius 3 is 1.93 bits per heavy atom. The van der Waals surface area contributed by atoms with Crippen molar-refractivity contribution in [1.82, 2.24) is 0 Å². The van der Waals surface area contributed by atoms with E-state index in [1.165, 1.54) is 24.3 Å². The predicted molar refractivity (Wildman–Crippen MR) is 103 cm³/mol. The molecule has 0 spiro atoms. The van der Waals surface area contributed by atoms with Crippen LogP contribution in [-0.2, 0) is 11.2 Å². The molecule has 0 bridgehead atoms. The summed E-state index contributed by atoms with van der Waals surface area (Å²) in [6.07, 6.45) is 0.815. The van der Waals surface area contributed by atoms with Crippen molar-refractivity contribution in [2.75, 3.05) is 7.11 Å². The van der Waals surface area contributed by atoms with Crippen LogP contribution in [0.4, 0.5) is 0 Å². The summed E-state index contributed by atoms with van der Waals surface area (Å²) < 4.78 is 10.1. The van der Waals surface area contributed by atoms with Crippen molar-refractivity contribution >= 4 is 11.9 Å². The molecule has 0 heterocycles. The fourth-order valence-electron chi connectivity index (χ4n) is 2.67. The topological polar surface area (TPSA) is 52.6 Å². The van der Waals surface area contributed by atoms with Gasteiger partial charge < -0.3 is 9.47 Å². The summed E-state index contributed by atoms with van der Waals surface area (Å²) in [4.78, 5) is 23.9. The second-order valence-corrected chi connectivity index (χ2v) is 6.27. The summed E-state index contributed by atoms with van der Waals surface area (Å²) in [6, 6.07) is 22.1.